The number of halogens is 1. The molecule has 0 unspecified atom stereocenters. The lowest BCUT2D eigenvalue weighted by atomic mass is 9.85. The summed E-state index contributed by atoms with van der Waals surface area (Å²) < 4.78 is 1.18. The summed E-state index contributed by atoms with van der Waals surface area (Å²) in [6.45, 7) is 0.404. The van der Waals surface area contributed by atoms with Crippen molar-refractivity contribution in [2.75, 3.05) is 11.9 Å². The lowest BCUT2D eigenvalue weighted by molar-refractivity contribution is 0.0167. The Hall–Kier alpha value is -1.07. The molecule has 0 radical (unpaired) electrons. The van der Waals surface area contributed by atoms with Crippen LogP contribution in [0.25, 0.3) is 0 Å². The third-order valence-electron chi connectivity index (χ3n) is 3.47. The molecule has 18 heavy (non-hydrogen) atoms. The molecule has 2 rings (SSSR count). The quantitative estimate of drug-likeness (QED) is 0.875. The Balaban J connectivity index is 2.06. The highest BCUT2D eigenvalue weighted by molar-refractivity contribution is 6.32. The standard InChI is InChI=1S/C12H18ClN3O2/c1-16-11(17)10(13)9(7-15-16)14-8-12(18)5-3-2-4-6-12/h7,14,18H,2-6,8H2,1H3. The zero-order valence-electron chi connectivity index (χ0n) is 10.4. The van der Waals surface area contributed by atoms with Crippen LogP contribution in [0.1, 0.15) is 32.1 Å². The maximum absolute atomic E-state index is 11.6. The largest absolute Gasteiger partial charge is 0.388 e. The van der Waals surface area contributed by atoms with Gasteiger partial charge in [-0.2, -0.15) is 5.10 Å². The van der Waals surface area contributed by atoms with Crippen LogP contribution < -0.4 is 10.9 Å². The van der Waals surface area contributed by atoms with Crippen molar-refractivity contribution < 1.29 is 5.11 Å². The molecule has 0 aromatic carbocycles. The molecule has 1 aromatic heterocycles. The summed E-state index contributed by atoms with van der Waals surface area (Å²) in [5.74, 6) is 0. The highest BCUT2D eigenvalue weighted by Gasteiger charge is 2.29. The van der Waals surface area contributed by atoms with Crippen molar-refractivity contribution >= 4 is 17.3 Å². The smallest absolute Gasteiger partial charge is 0.287 e. The van der Waals surface area contributed by atoms with E-state index in [4.69, 9.17) is 11.6 Å². The SMILES string of the molecule is Cn1ncc(NCC2(O)CCCCC2)c(Cl)c1=O. The van der Waals surface area contributed by atoms with Gasteiger partial charge >= 0.3 is 0 Å². The van der Waals surface area contributed by atoms with Crippen LogP contribution in [0.3, 0.4) is 0 Å². The van der Waals surface area contributed by atoms with E-state index in [0.29, 0.717) is 12.2 Å². The lowest BCUT2D eigenvalue weighted by Crippen LogP contribution is -2.39. The van der Waals surface area contributed by atoms with Crippen molar-refractivity contribution in [3.63, 3.8) is 0 Å². The average Bonchev–Trinajstić information content (AvgIpc) is 2.36. The molecule has 1 heterocycles. The Morgan fingerprint density at radius 3 is 2.83 bits per heavy atom. The number of aromatic nitrogens is 2. The molecule has 0 amide bonds. The molecule has 0 spiro atoms. The number of aliphatic hydroxyl groups is 1. The van der Waals surface area contributed by atoms with E-state index in [0.717, 1.165) is 25.7 Å². The van der Waals surface area contributed by atoms with Crippen molar-refractivity contribution in [3.05, 3.63) is 21.6 Å². The van der Waals surface area contributed by atoms with Crippen molar-refractivity contribution in [3.8, 4) is 0 Å². The van der Waals surface area contributed by atoms with E-state index in [9.17, 15) is 9.90 Å². The van der Waals surface area contributed by atoms with Crippen LogP contribution in [-0.4, -0.2) is 27.0 Å². The minimum Gasteiger partial charge on any atom is -0.388 e. The third-order valence-corrected chi connectivity index (χ3v) is 3.84. The first-order chi connectivity index (χ1) is 8.52. The van der Waals surface area contributed by atoms with E-state index in [1.807, 2.05) is 0 Å². The molecule has 0 saturated heterocycles. The van der Waals surface area contributed by atoms with Crippen LogP contribution in [0.4, 0.5) is 5.69 Å². The molecule has 6 heteroatoms. The second kappa shape index (κ2) is 5.28. The zero-order chi connectivity index (χ0) is 13.2. The van der Waals surface area contributed by atoms with Crippen LogP contribution >= 0.6 is 11.6 Å². The Morgan fingerprint density at radius 2 is 2.17 bits per heavy atom. The molecule has 1 saturated carbocycles. The number of anilines is 1. The summed E-state index contributed by atoms with van der Waals surface area (Å²) in [7, 11) is 1.55. The number of nitrogens with zero attached hydrogens (tertiary/aromatic N) is 2. The molecular weight excluding hydrogens is 254 g/mol. The first-order valence-electron chi connectivity index (χ1n) is 6.20. The summed E-state index contributed by atoms with van der Waals surface area (Å²) in [5.41, 5.74) is -0.543. The molecule has 0 bridgehead atoms. The number of hydrogen-bond acceptors (Lipinski definition) is 4. The number of rotatable bonds is 3. The van der Waals surface area contributed by atoms with Gasteiger partial charge in [-0.15, -0.1) is 0 Å². The fourth-order valence-corrected chi connectivity index (χ4v) is 2.52. The summed E-state index contributed by atoms with van der Waals surface area (Å²) in [6, 6.07) is 0. The number of hydrogen-bond donors (Lipinski definition) is 2. The summed E-state index contributed by atoms with van der Waals surface area (Å²) in [6.07, 6.45) is 6.35. The Bertz CT molecular complexity index is 481. The third kappa shape index (κ3) is 2.84. The highest BCUT2D eigenvalue weighted by Crippen LogP contribution is 2.28. The molecule has 1 aromatic rings. The van der Waals surface area contributed by atoms with Gasteiger partial charge in [-0.1, -0.05) is 30.9 Å². The second-order valence-corrected chi connectivity index (χ2v) is 5.32. The van der Waals surface area contributed by atoms with Gasteiger partial charge in [0.15, 0.2) is 0 Å². The predicted molar refractivity (Wildman–Crippen MR) is 71.0 cm³/mol. The minimum absolute atomic E-state index is 0.118. The van der Waals surface area contributed by atoms with Gasteiger partial charge in [0, 0.05) is 13.6 Å². The van der Waals surface area contributed by atoms with E-state index < -0.39 is 5.60 Å². The Labute approximate surface area is 111 Å². The molecular formula is C12H18ClN3O2. The molecule has 1 aliphatic carbocycles. The van der Waals surface area contributed by atoms with Gasteiger partial charge in [0.05, 0.1) is 17.5 Å². The summed E-state index contributed by atoms with van der Waals surface area (Å²) in [5, 5.41) is 17.4. The maximum atomic E-state index is 11.6. The molecule has 0 aliphatic heterocycles. The first-order valence-corrected chi connectivity index (χ1v) is 6.58. The van der Waals surface area contributed by atoms with E-state index in [1.54, 1.807) is 7.05 Å². The first kappa shape index (κ1) is 13.4. The van der Waals surface area contributed by atoms with E-state index in [1.165, 1.54) is 17.3 Å². The lowest BCUT2D eigenvalue weighted by Gasteiger charge is -2.32. The van der Waals surface area contributed by atoms with Crippen molar-refractivity contribution in [2.24, 2.45) is 7.05 Å². The zero-order valence-corrected chi connectivity index (χ0v) is 11.2. The monoisotopic (exact) mass is 271 g/mol. The summed E-state index contributed by atoms with van der Waals surface area (Å²) in [4.78, 5) is 11.6. The average molecular weight is 272 g/mol. The summed E-state index contributed by atoms with van der Waals surface area (Å²) >= 11 is 5.94. The van der Waals surface area contributed by atoms with Crippen molar-refractivity contribution in [1.82, 2.24) is 9.78 Å². The fraction of sp³-hybridized carbons (Fsp3) is 0.667. The number of aryl methyl sites for hydroxylation is 1. The van der Waals surface area contributed by atoms with Gasteiger partial charge in [0.25, 0.3) is 5.56 Å². The van der Waals surface area contributed by atoms with E-state index in [-0.39, 0.29) is 10.6 Å². The maximum Gasteiger partial charge on any atom is 0.287 e. The van der Waals surface area contributed by atoms with Crippen LogP contribution in [0.15, 0.2) is 11.0 Å². The van der Waals surface area contributed by atoms with Crippen molar-refractivity contribution in [1.29, 1.82) is 0 Å². The molecule has 1 aliphatic rings. The normalized spacial score (nSPS) is 18.6. The van der Waals surface area contributed by atoms with Crippen LogP contribution in [0.5, 0.6) is 0 Å². The van der Waals surface area contributed by atoms with Gasteiger partial charge in [-0.25, -0.2) is 4.68 Å². The second-order valence-electron chi connectivity index (χ2n) is 4.94. The van der Waals surface area contributed by atoms with E-state index >= 15 is 0 Å². The van der Waals surface area contributed by atoms with Crippen LogP contribution in [0.2, 0.25) is 5.02 Å². The Morgan fingerprint density at radius 1 is 1.50 bits per heavy atom. The van der Waals surface area contributed by atoms with Crippen LogP contribution in [0, 0.1) is 0 Å². The fourth-order valence-electron chi connectivity index (χ4n) is 2.28. The van der Waals surface area contributed by atoms with Crippen LogP contribution in [-0.2, 0) is 7.05 Å². The number of nitrogens with one attached hydrogen (secondary N) is 1. The molecule has 5 nitrogen and oxygen atoms in total. The molecule has 100 valence electrons. The van der Waals surface area contributed by atoms with Gasteiger partial charge < -0.3 is 10.4 Å². The van der Waals surface area contributed by atoms with E-state index in [2.05, 4.69) is 10.4 Å². The van der Waals surface area contributed by atoms with Crippen molar-refractivity contribution in [2.45, 2.75) is 37.7 Å². The molecule has 1 fully saturated rings. The van der Waals surface area contributed by atoms with Gasteiger partial charge in [-0.3, -0.25) is 4.79 Å². The predicted octanol–water partition coefficient (Wildman–Crippen LogP) is 1.54. The van der Waals surface area contributed by atoms with Gasteiger partial charge in [0.2, 0.25) is 0 Å². The molecule has 2 N–H and O–H groups in total. The highest BCUT2D eigenvalue weighted by atomic mass is 35.5. The topological polar surface area (TPSA) is 67.2 Å². The minimum atomic E-state index is -0.692. The Kier molecular flexibility index (Phi) is 3.92. The molecule has 0 atom stereocenters. The van der Waals surface area contributed by atoms with Gasteiger partial charge in [0.1, 0.15) is 5.02 Å². The van der Waals surface area contributed by atoms with Gasteiger partial charge in [-0.05, 0) is 12.8 Å².